The standard InChI is InChI=1S/C25H38N2O/c1-27(2)17-18-28-25(13-5-6-14-25)21-7-8-23(26)22(19-21)20-9-15-24(16-10-20)11-3-4-12-24/h7-9,19H,3-6,10-18,26H2,1-2H3. The van der Waals surface area contributed by atoms with E-state index in [-0.39, 0.29) is 5.60 Å². The lowest BCUT2D eigenvalue weighted by Crippen LogP contribution is -2.30. The Morgan fingerprint density at radius 3 is 2.36 bits per heavy atom. The highest BCUT2D eigenvalue weighted by Crippen LogP contribution is 2.50. The molecule has 0 amide bonds. The van der Waals surface area contributed by atoms with Crippen molar-refractivity contribution >= 4 is 11.3 Å². The van der Waals surface area contributed by atoms with Crippen LogP contribution in [0.1, 0.15) is 81.8 Å². The largest absolute Gasteiger partial charge is 0.398 e. The molecule has 3 aliphatic carbocycles. The number of hydrogen-bond donors (Lipinski definition) is 1. The molecule has 4 rings (SSSR count). The van der Waals surface area contributed by atoms with Crippen molar-refractivity contribution in [2.45, 2.75) is 76.2 Å². The fourth-order valence-corrected chi connectivity index (χ4v) is 5.77. The SMILES string of the molecule is CN(C)CCOC1(c2ccc(N)c(C3=CCC4(CCCC4)CC3)c2)CCCC1. The zero-order valence-electron chi connectivity index (χ0n) is 17.9. The Balaban J connectivity index is 1.57. The lowest BCUT2D eigenvalue weighted by atomic mass is 9.72. The Bertz CT molecular complexity index is 709. The van der Waals surface area contributed by atoms with Gasteiger partial charge in [0.15, 0.2) is 0 Å². The molecule has 3 aliphatic rings. The van der Waals surface area contributed by atoms with Crippen molar-refractivity contribution in [2.75, 3.05) is 33.0 Å². The van der Waals surface area contributed by atoms with Crippen LogP contribution in [0.5, 0.6) is 0 Å². The number of likely N-dealkylation sites (N-methyl/N-ethyl adjacent to an activating group) is 1. The second kappa shape index (κ2) is 8.20. The lowest BCUT2D eigenvalue weighted by molar-refractivity contribution is -0.0500. The van der Waals surface area contributed by atoms with E-state index in [2.05, 4.69) is 43.3 Å². The van der Waals surface area contributed by atoms with Crippen molar-refractivity contribution in [1.82, 2.24) is 4.90 Å². The maximum atomic E-state index is 6.54. The fourth-order valence-electron chi connectivity index (χ4n) is 5.77. The molecule has 1 aromatic carbocycles. The predicted molar refractivity (Wildman–Crippen MR) is 118 cm³/mol. The van der Waals surface area contributed by atoms with E-state index < -0.39 is 0 Å². The van der Waals surface area contributed by atoms with Gasteiger partial charge < -0.3 is 15.4 Å². The molecule has 1 spiro atoms. The van der Waals surface area contributed by atoms with Gasteiger partial charge in [-0.05, 0) is 87.7 Å². The highest BCUT2D eigenvalue weighted by molar-refractivity contribution is 5.76. The number of nitrogens with zero attached hydrogens (tertiary/aromatic N) is 1. The minimum absolute atomic E-state index is 0.111. The van der Waals surface area contributed by atoms with Gasteiger partial charge in [0.1, 0.15) is 0 Å². The average Bonchev–Trinajstić information content (AvgIpc) is 3.34. The third-order valence-corrected chi connectivity index (χ3v) is 7.62. The maximum absolute atomic E-state index is 6.54. The number of rotatable bonds is 6. The molecule has 0 atom stereocenters. The lowest BCUT2D eigenvalue weighted by Gasteiger charge is -2.34. The summed E-state index contributed by atoms with van der Waals surface area (Å²) in [5, 5.41) is 0. The molecule has 0 heterocycles. The van der Waals surface area contributed by atoms with Crippen molar-refractivity contribution in [3.63, 3.8) is 0 Å². The zero-order valence-corrected chi connectivity index (χ0v) is 17.9. The van der Waals surface area contributed by atoms with Crippen molar-refractivity contribution in [3.05, 3.63) is 35.4 Å². The molecule has 2 fully saturated rings. The molecule has 3 heteroatoms. The Morgan fingerprint density at radius 1 is 1.00 bits per heavy atom. The first kappa shape index (κ1) is 20.0. The monoisotopic (exact) mass is 382 g/mol. The average molecular weight is 383 g/mol. The van der Waals surface area contributed by atoms with Crippen LogP contribution >= 0.6 is 0 Å². The van der Waals surface area contributed by atoms with Crippen molar-refractivity contribution in [3.8, 4) is 0 Å². The maximum Gasteiger partial charge on any atom is 0.0932 e. The van der Waals surface area contributed by atoms with E-state index in [9.17, 15) is 0 Å². The van der Waals surface area contributed by atoms with E-state index in [1.807, 2.05) is 0 Å². The van der Waals surface area contributed by atoms with Crippen LogP contribution in [0.25, 0.3) is 5.57 Å². The molecule has 154 valence electrons. The van der Waals surface area contributed by atoms with E-state index in [1.54, 1.807) is 0 Å². The number of nitrogens with two attached hydrogens (primary N) is 1. The van der Waals surface area contributed by atoms with E-state index >= 15 is 0 Å². The minimum atomic E-state index is -0.111. The molecule has 0 radical (unpaired) electrons. The number of benzene rings is 1. The molecule has 0 aromatic heterocycles. The summed E-state index contributed by atoms with van der Waals surface area (Å²) in [7, 11) is 4.22. The summed E-state index contributed by atoms with van der Waals surface area (Å²) in [5.74, 6) is 0. The van der Waals surface area contributed by atoms with Gasteiger partial charge in [0, 0.05) is 17.8 Å². The molecule has 2 N–H and O–H groups in total. The van der Waals surface area contributed by atoms with E-state index in [1.165, 1.54) is 74.5 Å². The Morgan fingerprint density at radius 2 is 1.71 bits per heavy atom. The van der Waals surface area contributed by atoms with E-state index in [4.69, 9.17) is 10.5 Å². The molecule has 0 aliphatic heterocycles. The number of anilines is 1. The van der Waals surface area contributed by atoms with Gasteiger partial charge in [-0.1, -0.05) is 37.8 Å². The fraction of sp³-hybridized carbons (Fsp3) is 0.680. The number of nitrogen functional groups attached to an aromatic ring is 1. The number of hydrogen-bond acceptors (Lipinski definition) is 3. The van der Waals surface area contributed by atoms with Crippen molar-refractivity contribution in [2.24, 2.45) is 5.41 Å². The highest BCUT2D eigenvalue weighted by atomic mass is 16.5. The Labute approximate surface area is 171 Å². The first-order valence-corrected chi connectivity index (χ1v) is 11.4. The predicted octanol–water partition coefficient (Wildman–Crippen LogP) is 5.74. The summed E-state index contributed by atoms with van der Waals surface area (Å²) in [5.41, 5.74) is 12.0. The second-order valence-corrected chi connectivity index (χ2v) is 9.80. The summed E-state index contributed by atoms with van der Waals surface area (Å²) in [4.78, 5) is 2.20. The van der Waals surface area contributed by atoms with Gasteiger partial charge in [0.2, 0.25) is 0 Å². The smallest absolute Gasteiger partial charge is 0.0932 e. The molecular weight excluding hydrogens is 344 g/mol. The molecule has 0 saturated heterocycles. The molecule has 2 saturated carbocycles. The Kier molecular flexibility index (Phi) is 5.85. The third kappa shape index (κ3) is 4.02. The zero-order chi connectivity index (χ0) is 19.6. The van der Waals surface area contributed by atoms with Crippen LogP contribution in [-0.4, -0.2) is 32.1 Å². The normalized spacial score (nSPS) is 23.5. The second-order valence-electron chi connectivity index (χ2n) is 9.80. The van der Waals surface area contributed by atoms with Gasteiger partial charge in [-0.2, -0.15) is 0 Å². The van der Waals surface area contributed by atoms with Crippen LogP contribution in [0.15, 0.2) is 24.3 Å². The van der Waals surface area contributed by atoms with Crippen LogP contribution in [0.4, 0.5) is 5.69 Å². The van der Waals surface area contributed by atoms with Gasteiger partial charge in [0.05, 0.1) is 12.2 Å². The topological polar surface area (TPSA) is 38.5 Å². The molecule has 3 nitrogen and oxygen atoms in total. The quantitative estimate of drug-likeness (QED) is 0.637. The molecule has 0 bridgehead atoms. The van der Waals surface area contributed by atoms with Crippen LogP contribution in [0.3, 0.4) is 0 Å². The third-order valence-electron chi connectivity index (χ3n) is 7.62. The molecule has 1 aromatic rings. The summed E-state index contributed by atoms with van der Waals surface area (Å²) in [6.45, 7) is 1.76. The van der Waals surface area contributed by atoms with Crippen LogP contribution in [0.2, 0.25) is 0 Å². The van der Waals surface area contributed by atoms with Crippen LogP contribution < -0.4 is 5.73 Å². The molecular formula is C25H38N2O. The summed E-state index contributed by atoms with van der Waals surface area (Å²) < 4.78 is 6.54. The molecule has 0 unspecified atom stereocenters. The van der Waals surface area contributed by atoms with Gasteiger partial charge in [-0.3, -0.25) is 0 Å². The van der Waals surface area contributed by atoms with Gasteiger partial charge in [-0.15, -0.1) is 0 Å². The van der Waals surface area contributed by atoms with Gasteiger partial charge in [-0.25, -0.2) is 0 Å². The highest BCUT2D eigenvalue weighted by Gasteiger charge is 2.38. The van der Waals surface area contributed by atoms with Crippen LogP contribution in [0, 0.1) is 5.41 Å². The van der Waals surface area contributed by atoms with Crippen molar-refractivity contribution < 1.29 is 4.74 Å². The molecule has 28 heavy (non-hydrogen) atoms. The van der Waals surface area contributed by atoms with E-state index in [0.29, 0.717) is 5.41 Å². The number of ether oxygens (including phenoxy) is 1. The van der Waals surface area contributed by atoms with Gasteiger partial charge in [0.25, 0.3) is 0 Å². The first-order valence-electron chi connectivity index (χ1n) is 11.4. The van der Waals surface area contributed by atoms with E-state index in [0.717, 1.165) is 31.7 Å². The summed E-state index contributed by atoms with van der Waals surface area (Å²) >= 11 is 0. The van der Waals surface area contributed by atoms with Gasteiger partial charge >= 0.3 is 0 Å². The summed E-state index contributed by atoms with van der Waals surface area (Å²) in [6, 6.07) is 6.72. The summed E-state index contributed by atoms with van der Waals surface area (Å²) in [6.07, 6.45) is 16.8. The van der Waals surface area contributed by atoms with Crippen molar-refractivity contribution in [1.29, 1.82) is 0 Å². The number of allylic oxidation sites excluding steroid dienone is 2. The Hall–Kier alpha value is -1.32. The minimum Gasteiger partial charge on any atom is -0.398 e. The van der Waals surface area contributed by atoms with Crippen LogP contribution in [-0.2, 0) is 10.3 Å². The first-order chi connectivity index (χ1) is 13.5.